The second-order valence-corrected chi connectivity index (χ2v) is 7.91. The predicted molar refractivity (Wildman–Crippen MR) is 110 cm³/mol. The number of imide groups is 1. The topological polar surface area (TPSA) is 84.9 Å². The zero-order valence-corrected chi connectivity index (χ0v) is 17.0. The van der Waals surface area contributed by atoms with Crippen LogP contribution in [0.1, 0.15) is 51.3 Å². The number of para-hydroxylation sites is 2. The molecule has 2 aromatic rings. The standard InChI is InChI=1S/C23H24N2O5/c1-14(2)9-10-25-22(27)17-8-7-15(11-18(17)23(25)28)21(26)24-12-16-13-29-19-5-3-4-6-20(19)30-16/h3-8,11,14,16H,9-10,12-13H2,1-2H3,(H,24,26)/t16-/m1/s1. The molecule has 1 N–H and O–H groups in total. The van der Waals surface area contributed by atoms with Crippen molar-refractivity contribution >= 4 is 17.7 Å². The van der Waals surface area contributed by atoms with Gasteiger partial charge in [-0.25, -0.2) is 0 Å². The maximum Gasteiger partial charge on any atom is 0.261 e. The summed E-state index contributed by atoms with van der Waals surface area (Å²) in [5, 5.41) is 2.81. The molecule has 2 aliphatic rings. The van der Waals surface area contributed by atoms with Gasteiger partial charge in [-0.3, -0.25) is 19.3 Å². The van der Waals surface area contributed by atoms with Crippen molar-refractivity contribution in [2.45, 2.75) is 26.4 Å². The molecule has 0 aliphatic carbocycles. The smallest absolute Gasteiger partial charge is 0.261 e. The quantitative estimate of drug-likeness (QED) is 0.743. The van der Waals surface area contributed by atoms with E-state index < -0.39 is 0 Å². The van der Waals surface area contributed by atoms with Gasteiger partial charge in [-0.1, -0.05) is 26.0 Å². The molecule has 0 aromatic heterocycles. The SMILES string of the molecule is CC(C)CCN1C(=O)c2ccc(C(=O)NC[C@@H]3COc4ccccc4O3)cc2C1=O. The fourth-order valence-corrected chi connectivity index (χ4v) is 3.49. The highest BCUT2D eigenvalue weighted by molar-refractivity contribution is 6.22. The molecule has 0 fully saturated rings. The number of rotatable bonds is 6. The average molecular weight is 408 g/mol. The van der Waals surface area contributed by atoms with Crippen molar-refractivity contribution in [1.29, 1.82) is 0 Å². The van der Waals surface area contributed by atoms with E-state index in [9.17, 15) is 14.4 Å². The minimum absolute atomic E-state index is 0.262. The Morgan fingerprint density at radius 1 is 1.10 bits per heavy atom. The van der Waals surface area contributed by atoms with Gasteiger partial charge in [0, 0.05) is 12.1 Å². The van der Waals surface area contributed by atoms with Crippen molar-refractivity contribution in [3.8, 4) is 11.5 Å². The zero-order chi connectivity index (χ0) is 21.3. The molecule has 2 aliphatic heterocycles. The van der Waals surface area contributed by atoms with Crippen molar-refractivity contribution < 1.29 is 23.9 Å². The van der Waals surface area contributed by atoms with Crippen molar-refractivity contribution in [2.24, 2.45) is 5.92 Å². The van der Waals surface area contributed by atoms with Crippen LogP contribution >= 0.6 is 0 Å². The highest BCUT2D eigenvalue weighted by Gasteiger charge is 2.35. The molecule has 0 saturated heterocycles. The molecule has 7 nitrogen and oxygen atoms in total. The number of benzene rings is 2. The van der Waals surface area contributed by atoms with Gasteiger partial charge in [0.2, 0.25) is 0 Å². The van der Waals surface area contributed by atoms with Crippen LogP contribution in [0.3, 0.4) is 0 Å². The monoisotopic (exact) mass is 408 g/mol. The summed E-state index contributed by atoms with van der Waals surface area (Å²) in [5.41, 5.74) is 0.959. The number of carbonyl (C=O) groups is 3. The Kier molecular flexibility index (Phi) is 5.44. The number of nitrogens with one attached hydrogen (secondary N) is 1. The van der Waals surface area contributed by atoms with E-state index in [1.165, 1.54) is 11.0 Å². The lowest BCUT2D eigenvalue weighted by molar-refractivity contribution is 0.0647. The Labute approximate surface area is 175 Å². The highest BCUT2D eigenvalue weighted by Crippen LogP contribution is 2.30. The maximum absolute atomic E-state index is 12.7. The van der Waals surface area contributed by atoms with Crippen LogP contribution in [0.25, 0.3) is 0 Å². The normalized spacial score (nSPS) is 17.3. The number of fused-ring (bicyclic) bond motifs is 2. The Morgan fingerprint density at radius 2 is 1.83 bits per heavy atom. The van der Waals surface area contributed by atoms with Gasteiger partial charge < -0.3 is 14.8 Å². The van der Waals surface area contributed by atoms with Crippen molar-refractivity contribution in [3.05, 3.63) is 59.2 Å². The van der Waals surface area contributed by atoms with Crippen LogP contribution in [0.4, 0.5) is 0 Å². The van der Waals surface area contributed by atoms with Crippen molar-refractivity contribution in [2.75, 3.05) is 19.7 Å². The van der Waals surface area contributed by atoms with Gasteiger partial charge in [-0.2, -0.15) is 0 Å². The molecule has 2 aromatic carbocycles. The molecule has 3 amide bonds. The molecule has 0 bridgehead atoms. The lowest BCUT2D eigenvalue weighted by Crippen LogP contribution is -2.40. The van der Waals surface area contributed by atoms with E-state index in [1.807, 2.05) is 38.1 Å². The molecular weight excluding hydrogens is 384 g/mol. The number of amides is 3. The lowest BCUT2D eigenvalue weighted by Gasteiger charge is -2.26. The van der Waals surface area contributed by atoms with E-state index in [2.05, 4.69) is 5.32 Å². The summed E-state index contributed by atoms with van der Waals surface area (Å²) in [6, 6.07) is 12.0. The molecule has 0 radical (unpaired) electrons. The number of hydrogen-bond acceptors (Lipinski definition) is 5. The van der Waals surface area contributed by atoms with Crippen molar-refractivity contribution in [1.82, 2.24) is 10.2 Å². The van der Waals surface area contributed by atoms with Crippen LogP contribution in [0.5, 0.6) is 11.5 Å². The minimum atomic E-state index is -0.342. The largest absolute Gasteiger partial charge is 0.486 e. The number of hydrogen-bond donors (Lipinski definition) is 1. The van der Waals surface area contributed by atoms with Crippen LogP contribution < -0.4 is 14.8 Å². The third-order valence-electron chi connectivity index (χ3n) is 5.22. The fourth-order valence-electron chi connectivity index (χ4n) is 3.49. The first-order valence-electron chi connectivity index (χ1n) is 10.1. The predicted octanol–water partition coefficient (Wildman–Crippen LogP) is 2.90. The third kappa shape index (κ3) is 3.87. The van der Waals surface area contributed by atoms with Crippen LogP contribution in [0, 0.1) is 5.92 Å². The summed E-state index contributed by atoms with van der Waals surface area (Å²) < 4.78 is 11.5. The van der Waals surface area contributed by atoms with Crippen LogP contribution in [-0.2, 0) is 0 Å². The minimum Gasteiger partial charge on any atom is -0.486 e. The maximum atomic E-state index is 12.7. The van der Waals surface area contributed by atoms with Crippen LogP contribution in [0.2, 0.25) is 0 Å². The van der Waals surface area contributed by atoms with Crippen molar-refractivity contribution in [3.63, 3.8) is 0 Å². The fraction of sp³-hybridized carbons (Fsp3) is 0.348. The van der Waals surface area contributed by atoms with Gasteiger partial charge in [0.05, 0.1) is 17.7 Å². The molecule has 7 heteroatoms. The summed E-state index contributed by atoms with van der Waals surface area (Å²) in [6.45, 7) is 5.06. The molecule has 156 valence electrons. The molecule has 0 unspecified atom stereocenters. The Hall–Kier alpha value is -3.35. The molecule has 2 heterocycles. The molecule has 4 rings (SSSR count). The Morgan fingerprint density at radius 3 is 2.60 bits per heavy atom. The van der Waals surface area contributed by atoms with Crippen LogP contribution in [-0.4, -0.2) is 48.4 Å². The van der Waals surface area contributed by atoms with E-state index in [4.69, 9.17) is 9.47 Å². The molecule has 30 heavy (non-hydrogen) atoms. The second-order valence-electron chi connectivity index (χ2n) is 7.91. The van der Waals surface area contributed by atoms with E-state index in [1.54, 1.807) is 12.1 Å². The Bertz CT molecular complexity index is 1000. The summed E-state index contributed by atoms with van der Waals surface area (Å²) in [7, 11) is 0. The number of ether oxygens (including phenoxy) is 2. The summed E-state index contributed by atoms with van der Waals surface area (Å²) >= 11 is 0. The first kappa shape index (κ1) is 19.9. The first-order chi connectivity index (χ1) is 14.4. The van der Waals surface area contributed by atoms with Gasteiger partial charge in [-0.15, -0.1) is 0 Å². The van der Waals surface area contributed by atoms with Gasteiger partial charge in [-0.05, 0) is 42.7 Å². The molecule has 0 spiro atoms. The molecule has 1 atom stereocenters. The van der Waals surface area contributed by atoms with Gasteiger partial charge in [0.1, 0.15) is 12.7 Å². The lowest BCUT2D eigenvalue weighted by atomic mass is 10.1. The van der Waals surface area contributed by atoms with Gasteiger partial charge >= 0.3 is 0 Å². The third-order valence-corrected chi connectivity index (χ3v) is 5.22. The Balaban J connectivity index is 1.40. The van der Waals surface area contributed by atoms with Gasteiger partial charge in [0.15, 0.2) is 11.5 Å². The number of nitrogens with zero attached hydrogens (tertiary/aromatic N) is 1. The van der Waals surface area contributed by atoms with E-state index in [0.29, 0.717) is 41.7 Å². The average Bonchev–Trinajstić information content (AvgIpc) is 2.99. The number of carbonyl (C=O) groups excluding carboxylic acids is 3. The molecule has 0 saturated carbocycles. The van der Waals surface area contributed by atoms with Gasteiger partial charge in [0.25, 0.3) is 17.7 Å². The van der Waals surface area contributed by atoms with E-state index >= 15 is 0 Å². The van der Waals surface area contributed by atoms with E-state index in [0.717, 1.165) is 6.42 Å². The summed E-state index contributed by atoms with van der Waals surface area (Å²) in [4.78, 5) is 39.0. The summed E-state index contributed by atoms with van der Waals surface area (Å²) in [5.74, 6) is 0.740. The second kappa shape index (κ2) is 8.18. The summed E-state index contributed by atoms with van der Waals surface area (Å²) in [6.07, 6.45) is 0.429. The first-order valence-corrected chi connectivity index (χ1v) is 10.1. The zero-order valence-electron chi connectivity index (χ0n) is 17.0. The highest BCUT2D eigenvalue weighted by atomic mass is 16.6. The molecular formula is C23H24N2O5. The van der Waals surface area contributed by atoms with Crippen LogP contribution in [0.15, 0.2) is 42.5 Å². The van der Waals surface area contributed by atoms with E-state index in [-0.39, 0.29) is 35.9 Å².